The third-order valence-electron chi connectivity index (χ3n) is 7.69. The van der Waals surface area contributed by atoms with Gasteiger partial charge in [-0.3, -0.25) is 0 Å². The summed E-state index contributed by atoms with van der Waals surface area (Å²) in [7, 11) is 4.88. The van der Waals surface area contributed by atoms with Crippen LogP contribution in [0.4, 0.5) is 10.7 Å². The molecule has 11 heteroatoms. The second-order valence-electron chi connectivity index (χ2n) is 11.4. The van der Waals surface area contributed by atoms with Crippen molar-refractivity contribution in [2.45, 2.75) is 57.2 Å². The summed E-state index contributed by atoms with van der Waals surface area (Å²) in [5, 5.41) is 9.23. The third-order valence-corrected chi connectivity index (χ3v) is 7.69. The van der Waals surface area contributed by atoms with Gasteiger partial charge in [0.1, 0.15) is 28.4 Å². The molecule has 0 atom stereocenters. The molecule has 11 nitrogen and oxygen atoms in total. The Morgan fingerprint density at radius 2 is 1.82 bits per heavy atom. The molecule has 2 aromatic heterocycles. The fraction of sp³-hybridized carbons (Fsp3) is 0.448. The Bertz CT molecular complexity index is 1600. The number of nitrogens with one attached hydrogen (secondary N) is 1. The zero-order chi connectivity index (χ0) is 28.2. The summed E-state index contributed by atoms with van der Waals surface area (Å²) in [6, 6.07) is 11.6. The van der Waals surface area contributed by atoms with E-state index in [1.165, 1.54) is 0 Å². The second-order valence-corrected chi connectivity index (χ2v) is 11.4. The maximum absolute atomic E-state index is 12.9. The van der Waals surface area contributed by atoms with Crippen molar-refractivity contribution in [3.05, 3.63) is 47.8 Å². The van der Waals surface area contributed by atoms with Crippen molar-refractivity contribution in [3.63, 3.8) is 0 Å². The number of carbonyl (C=O) groups excluding carboxylic acids is 1. The number of benzene rings is 2. The molecule has 3 fully saturated rings. The molecule has 0 spiro atoms. The number of ether oxygens (including phenoxy) is 4. The number of anilines is 1. The molecule has 2 aliphatic heterocycles. The van der Waals surface area contributed by atoms with Crippen molar-refractivity contribution in [2.24, 2.45) is 0 Å². The molecule has 2 bridgehead atoms. The van der Waals surface area contributed by atoms with E-state index in [-0.39, 0.29) is 17.6 Å². The van der Waals surface area contributed by atoms with Crippen molar-refractivity contribution >= 4 is 28.6 Å². The maximum atomic E-state index is 12.9. The molecular formula is C29H34N6O5. The quantitative estimate of drug-likeness (QED) is 0.356. The highest BCUT2D eigenvalue weighted by molar-refractivity contribution is 5.96. The van der Waals surface area contributed by atoms with E-state index in [9.17, 15) is 4.79 Å². The fourth-order valence-corrected chi connectivity index (χ4v) is 5.72. The van der Waals surface area contributed by atoms with Gasteiger partial charge in [-0.2, -0.15) is 4.52 Å². The first kappa shape index (κ1) is 26.0. The SMILES string of the molecule is COc1ccc(CNc2nc3c(OC)cccc3c3nc(C45CC(C4)N(C(=O)OC(C)(C)C)C5)nn23)c(OC)c1. The summed E-state index contributed by atoms with van der Waals surface area (Å²) in [5.41, 5.74) is 1.44. The molecule has 210 valence electrons. The van der Waals surface area contributed by atoms with E-state index in [4.69, 9.17) is 34.0 Å². The van der Waals surface area contributed by atoms with Crippen LogP contribution < -0.4 is 19.5 Å². The van der Waals surface area contributed by atoms with E-state index in [1.54, 1.807) is 25.8 Å². The van der Waals surface area contributed by atoms with Crippen molar-refractivity contribution in [3.8, 4) is 17.2 Å². The number of rotatable bonds is 7. The van der Waals surface area contributed by atoms with Crippen molar-refractivity contribution in [2.75, 3.05) is 33.2 Å². The van der Waals surface area contributed by atoms with Crippen LogP contribution >= 0.6 is 0 Å². The molecule has 1 saturated carbocycles. The van der Waals surface area contributed by atoms with Crippen LogP contribution in [0.3, 0.4) is 0 Å². The average molecular weight is 547 g/mol. The highest BCUT2D eigenvalue weighted by Gasteiger charge is 2.60. The molecule has 40 heavy (non-hydrogen) atoms. The number of para-hydroxylation sites is 1. The molecule has 7 rings (SSSR count). The smallest absolute Gasteiger partial charge is 0.410 e. The lowest BCUT2D eigenvalue weighted by molar-refractivity contribution is 0.0246. The van der Waals surface area contributed by atoms with Crippen LogP contribution in [0.15, 0.2) is 36.4 Å². The number of aromatic nitrogens is 4. The number of methoxy groups -OCH3 is 3. The van der Waals surface area contributed by atoms with Gasteiger partial charge in [-0.25, -0.2) is 14.8 Å². The average Bonchev–Trinajstić information content (AvgIpc) is 3.62. The van der Waals surface area contributed by atoms with Gasteiger partial charge in [0.05, 0.1) is 26.7 Å². The van der Waals surface area contributed by atoms with Gasteiger partial charge >= 0.3 is 6.09 Å². The topological polar surface area (TPSA) is 112 Å². The highest BCUT2D eigenvalue weighted by Crippen LogP contribution is 2.53. The number of carbonyl (C=O) groups is 1. The van der Waals surface area contributed by atoms with Crippen molar-refractivity contribution in [1.82, 2.24) is 24.5 Å². The maximum Gasteiger partial charge on any atom is 0.410 e. The molecule has 4 aromatic rings. The largest absolute Gasteiger partial charge is 0.497 e. The Morgan fingerprint density at radius 1 is 1.05 bits per heavy atom. The van der Waals surface area contributed by atoms with Gasteiger partial charge in [0.2, 0.25) is 5.95 Å². The third kappa shape index (κ3) is 4.29. The van der Waals surface area contributed by atoms with E-state index >= 15 is 0 Å². The molecule has 0 radical (unpaired) electrons. The van der Waals surface area contributed by atoms with Gasteiger partial charge in [0.25, 0.3) is 0 Å². The summed E-state index contributed by atoms with van der Waals surface area (Å²) in [6.45, 7) is 6.61. The fourth-order valence-electron chi connectivity index (χ4n) is 5.72. The van der Waals surface area contributed by atoms with Gasteiger partial charge < -0.3 is 29.2 Å². The monoisotopic (exact) mass is 546 g/mol. The summed E-state index contributed by atoms with van der Waals surface area (Å²) < 4.78 is 24.0. The van der Waals surface area contributed by atoms with Crippen LogP contribution in [0.5, 0.6) is 17.2 Å². The van der Waals surface area contributed by atoms with Gasteiger partial charge in [0.15, 0.2) is 11.5 Å². The van der Waals surface area contributed by atoms with Crippen LogP contribution in [0, 0.1) is 0 Å². The molecule has 1 N–H and O–H groups in total. The number of nitrogens with zero attached hydrogens (tertiary/aromatic N) is 5. The summed E-state index contributed by atoms with van der Waals surface area (Å²) in [5.74, 6) is 3.30. The van der Waals surface area contributed by atoms with Gasteiger partial charge in [0, 0.05) is 36.1 Å². The number of hydrogen-bond acceptors (Lipinski definition) is 9. The lowest BCUT2D eigenvalue weighted by Crippen LogP contribution is -2.41. The molecule has 3 aliphatic rings. The molecule has 2 saturated heterocycles. The second kappa shape index (κ2) is 9.42. The predicted octanol–water partition coefficient (Wildman–Crippen LogP) is 4.57. The minimum absolute atomic E-state index is 0.136. The Kier molecular flexibility index (Phi) is 6.12. The van der Waals surface area contributed by atoms with E-state index in [2.05, 4.69) is 5.32 Å². The summed E-state index contributed by atoms with van der Waals surface area (Å²) >= 11 is 0. The Balaban J connectivity index is 1.38. The lowest BCUT2D eigenvalue weighted by Gasteiger charge is -2.34. The lowest BCUT2D eigenvalue weighted by atomic mass is 9.69. The molecular weight excluding hydrogens is 512 g/mol. The van der Waals surface area contributed by atoms with Gasteiger partial charge in [-0.15, -0.1) is 5.10 Å². The Labute approximate surface area is 232 Å². The predicted molar refractivity (Wildman–Crippen MR) is 149 cm³/mol. The van der Waals surface area contributed by atoms with Crippen LogP contribution in [0.1, 0.15) is 45.0 Å². The first-order chi connectivity index (χ1) is 19.1. The molecule has 2 aromatic carbocycles. The summed E-state index contributed by atoms with van der Waals surface area (Å²) in [6.07, 6.45) is 1.33. The first-order valence-corrected chi connectivity index (χ1v) is 13.3. The van der Waals surface area contributed by atoms with Crippen molar-refractivity contribution in [1.29, 1.82) is 0 Å². The molecule has 0 unspecified atom stereocenters. The van der Waals surface area contributed by atoms with Crippen LogP contribution in [0.25, 0.3) is 16.6 Å². The minimum atomic E-state index is -0.546. The minimum Gasteiger partial charge on any atom is -0.497 e. The van der Waals surface area contributed by atoms with Gasteiger partial charge in [-0.05, 0) is 57.9 Å². The van der Waals surface area contributed by atoms with E-state index in [0.717, 1.165) is 23.8 Å². The first-order valence-electron chi connectivity index (χ1n) is 13.3. The van der Waals surface area contributed by atoms with E-state index in [1.807, 2.05) is 62.1 Å². The molecule has 1 amide bonds. The number of fused-ring (bicyclic) bond motifs is 4. The van der Waals surface area contributed by atoms with Crippen LogP contribution in [-0.2, 0) is 16.7 Å². The van der Waals surface area contributed by atoms with E-state index < -0.39 is 5.60 Å². The zero-order valence-electron chi connectivity index (χ0n) is 23.6. The Morgan fingerprint density at radius 3 is 2.52 bits per heavy atom. The molecule has 1 aliphatic carbocycles. The van der Waals surface area contributed by atoms with Crippen LogP contribution in [-0.4, -0.2) is 70.1 Å². The van der Waals surface area contributed by atoms with Crippen LogP contribution in [0.2, 0.25) is 0 Å². The van der Waals surface area contributed by atoms with Crippen molar-refractivity contribution < 1.29 is 23.7 Å². The zero-order valence-corrected chi connectivity index (χ0v) is 23.6. The number of amides is 1. The Hall–Kier alpha value is -4.28. The standard InChI is InChI=1S/C29H34N6O5/c1-28(2,3)40-27(36)34-16-29(13-18(34)14-29)25-32-24-20-8-7-9-21(38-5)23(20)31-26(35(24)33-25)30-15-17-10-11-19(37-4)12-22(17)39-6/h7-12,18H,13-16H2,1-6H3,(H,30,31). The normalized spacial score (nSPS) is 19.9. The van der Waals surface area contributed by atoms with Gasteiger partial charge in [-0.1, -0.05) is 6.07 Å². The molecule has 4 heterocycles. The highest BCUT2D eigenvalue weighted by atomic mass is 16.6. The number of hydrogen-bond donors (Lipinski definition) is 1. The summed E-state index contributed by atoms with van der Waals surface area (Å²) in [4.78, 5) is 24.6. The van der Waals surface area contributed by atoms with E-state index in [0.29, 0.717) is 53.3 Å².